The summed E-state index contributed by atoms with van der Waals surface area (Å²) in [7, 11) is 2.07. The molecule has 26 heavy (non-hydrogen) atoms. The molecule has 0 bridgehead atoms. The van der Waals surface area contributed by atoms with Crippen LogP contribution in [0.25, 0.3) is 5.69 Å². The Morgan fingerprint density at radius 2 is 2.04 bits per heavy atom. The van der Waals surface area contributed by atoms with E-state index in [2.05, 4.69) is 37.9 Å². The minimum Gasteiger partial charge on any atom is -0.408 e. The number of hydrogen-bond acceptors (Lipinski definition) is 5. The first-order valence-corrected chi connectivity index (χ1v) is 9.08. The summed E-state index contributed by atoms with van der Waals surface area (Å²) in [5.74, 6) is 2.39. The fourth-order valence-electron chi connectivity index (χ4n) is 3.88. The molecular formula is C17H22ClN7O. The number of nitrogens with zero attached hydrogens (tertiary/aromatic N) is 6. The van der Waals surface area contributed by atoms with Crippen LogP contribution >= 0.6 is 11.6 Å². The fraction of sp³-hybridized carbons (Fsp3) is 0.471. The summed E-state index contributed by atoms with van der Waals surface area (Å²) in [4.78, 5) is 4.10. The Balaban J connectivity index is 1.69. The summed E-state index contributed by atoms with van der Waals surface area (Å²) in [6.45, 7) is 3.02. The molecule has 2 aliphatic heterocycles. The Labute approximate surface area is 156 Å². The molecule has 4 rings (SSSR count). The van der Waals surface area contributed by atoms with E-state index >= 15 is 0 Å². The lowest BCUT2D eigenvalue weighted by Gasteiger charge is -2.31. The highest BCUT2D eigenvalue weighted by atomic mass is 35.5. The van der Waals surface area contributed by atoms with E-state index in [0.717, 1.165) is 61.4 Å². The predicted octanol–water partition coefficient (Wildman–Crippen LogP) is 1.75. The van der Waals surface area contributed by atoms with Crippen LogP contribution in [0.2, 0.25) is 5.02 Å². The van der Waals surface area contributed by atoms with Crippen LogP contribution in [0.5, 0.6) is 0 Å². The Morgan fingerprint density at radius 1 is 1.27 bits per heavy atom. The lowest BCUT2D eigenvalue weighted by atomic mass is 9.95. The van der Waals surface area contributed by atoms with Gasteiger partial charge in [-0.05, 0) is 43.7 Å². The molecule has 0 aliphatic carbocycles. The smallest absolute Gasteiger partial charge is 0.233 e. The number of halogens is 1. The Morgan fingerprint density at radius 3 is 2.77 bits per heavy atom. The molecule has 0 unspecified atom stereocenters. The molecule has 0 saturated carbocycles. The molecule has 1 saturated heterocycles. The van der Waals surface area contributed by atoms with Crippen molar-refractivity contribution in [2.24, 2.45) is 10.9 Å². The van der Waals surface area contributed by atoms with Gasteiger partial charge in [0.15, 0.2) is 5.82 Å². The van der Waals surface area contributed by atoms with Gasteiger partial charge in [-0.25, -0.2) is 0 Å². The zero-order chi connectivity index (χ0) is 18.3. The van der Waals surface area contributed by atoms with Crippen molar-refractivity contribution in [3.63, 3.8) is 0 Å². The van der Waals surface area contributed by atoms with Crippen molar-refractivity contribution in [1.29, 1.82) is 0 Å². The van der Waals surface area contributed by atoms with Gasteiger partial charge >= 0.3 is 0 Å². The van der Waals surface area contributed by atoms with E-state index in [-0.39, 0.29) is 11.9 Å². The van der Waals surface area contributed by atoms with E-state index in [4.69, 9.17) is 22.5 Å². The lowest BCUT2D eigenvalue weighted by Crippen LogP contribution is -2.42. The van der Waals surface area contributed by atoms with Crippen LogP contribution < -0.4 is 5.73 Å². The van der Waals surface area contributed by atoms with Crippen LogP contribution in [0.15, 0.2) is 23.4 Å². The molecule has 2 aliphatic rings. The van der Waals surface area contributed by atoms with Gasteiger partial charge in [-0.3, -0.25) is 9.47 Å². The zero-order valence-corrected chi connectivity index (χ0v) is 15.4. The van der Waals surface area contributed by atoms with Gasteiger partial charge in [-0.1, -0.05) is 16.8 Å². The van der Waals surface area contributed by atoms with E-state index in [9.17, 15) is 0 Å². The van der Waals surface area contributed by atoms with E-state index in [1.807, 2.05) is 17.0 Å². The van der Waals surface area contributed by atoms with Crippen LogP contribution in [0.4, 0.5) is 0 Å². The van der Waals surface area contributed by atoms with Crippen LogP contribution in [0.3, 0.4) is 0 Å². The van der Waals surface area contributed by atoms with Crippen molar-refractivity contribution in [2.75, 3.05) is 20.1 Å². The SMILES string of the molecule is CN1Cc2cc(Cl)ccc2-n2c(nnc2C2CCN(/C(N)=N/O)CC2)C1. The largest absolute Gasteiger partial charge is 0.408 e. The summed E-state index contributed by atoms with van der Waals surface area (Å²) in [6.07, 6.45) is 1.76. The molecule has 9 heteroatoms. The third-order valence-electron chi connectivity index (χ3n) is 5.18. The number of likely N-dealkylation sites (tertiary alicyclic amines) is 1. The number of oxime groups is 1. The van der Waals surface area contributed by atoms with Gasteiger partial charge in [-0.15, -0.1) is 10.2 Å². The maximum absolute atomic E-state index is 8.86. The molecule has 2 aromatic rings. The highest BCUT2D eigenvalue weighted by Crippen LogP contribution is 2.33. The van der Waals surface area contributed by atoms with Gasteiger partial charge < -0.3 is 15.8 Å². The van der Waals surface area contributed by atoms with E-state index in [1.165, 1.54) is 5.56 Å². The van der Waals surface area contributed by atoms with Crippen molar-refractivity contribution in [2.45, 2.75) is 31.8 Å². The van der Waals surface area contributed by atoms with Crippen LogP contribution in [0, 0.1) is 0 Å². The summed E-state index contributed by atoms with van der Waals surface area (Å²) in [6, 6.07) is 5.99. The van der Waals surface area contributed by atoms with Gasteiger partial charge in [0.2, 0.25) is 5.96 Å². The maximum Gasteiger partial charge on any atom is 0.233 e. The third kappa shape index (κ3) is 2.99. The summed E-state index contributed by atoms with van der Waals surface area (Å²) in [5.41, 5.74) is 7.99. The van der Waals surface area contributed by atoms with Crippen molar-refractivity contribution in [3.05, 3.63) is 40.4 Å². The van der Waals surface area contributed by atoms with Crippen LogP contribution in [-0.2, 0) is 13.1 Å². The Kier molecular flexibility index (Phi) is 4.46. The Bertz CT molecular complexity index is 842. The molecule has 0 spiro atoms. The second kappa shape index (κ2) is 6.77. The number of fused-ring (bicyclic) bond motifs is 3. The van der Waals surface area contributed by atoms with Crippen LogP contribution in [-0.4, -0.2) is 55.9 Å². The standard InChI is InChI=1S/C17H22ClN7O/c1-23-9-12-8-13(18)2-3-14(12)25-15(10-23)20-21-16(25)11-4-6-24(7-5-11)17(19)22-26/h2-3,8,11,26H,4-7,9-10H2,1H3,(H2,19,22). The number of aromatic nitrogens is 3. The summed E-state index contributed by atoms with van der Waals surface area (Å²) < 4.78 is 2.19. The molecule has 3 N–H and O–H groups in total. The maximum atomic E-state index is 8.86. The second-order valence-corrected chi connectivity index (χ2v) is 7.41. The second-order valence-electron chi connectivity index (χ2n) is 6.97. The summed E-state index contributed by atoms with van der Waals surface area (Å²) >= 11 is 6.22. The minimum absolute atomic E-state index is 0.171. The Hall–Kier alpha value is -2.32. The first-order chi connectivity index (χ1) is 12.6. The molecule has 0 radical (unpaired) electrons. The number of nitrogens with two attached hydrogens (primary N) is 1. The van der Waals surface area contributed by atoms with Crippen molar-refractivity contribution in [3.8, 4) is 5.69 Å². The van der Waals surface area contributed by atoms with Gasteiger partial charge in [0.05, 0.1) is 12.2 Å². The zero-order valence-electron chi connectivity index (χ0n) is 14.6. The van der Waals surface area contributed by atoms with Gasteiger partial charge in [0.1, 0.15) is 5.82 Å². The molecule has 0 amide bonds. The van der Waals surface area contributed by atoms with E-state index in [1.54, 1.807) is 0 Å². The number of guanidine groups is 1. The quantitative estimate of drug-likeness (QED) is 0.341. The van der Waals surface area contributed by atoms with Crippen LogP contribution in [0.1, 0.15) is 36.0 Å². The highest BCUT2D eigenvalue weighted by molar-refractivity contribution is 6.30. The molecular weight excluding hydrogens is 354 g/mol. The minimum atomic E-state index is 0.171. The molecule has 1 aromatic carbocycles. The lowest BCUT2D eigenvalue weighted by molar-refractivity contribution is 0.268. The van der Waals surface area contributed by atoms with Crippen molar-refractivity contribution < 1.29 is 5.21 Å². The van der Waals surface area contributed by atoms with Crippen molar-refractivity contribution >= 4 is 17.6 Å². The number of piperidine rings is 1. The number of rotatable bonds is 1. The topological polar surface area (TPSA) is 95.8 Å². The first kappa shape index (κ1) is 17.1. The third-order valence-corrected chi connectivity index (χ3v) is 5.41. The van der Waals surface area contributed by atoms with Gasteiger partial charge in [-0.2, -0.15) is 0 Å². The van der Waals surface area contributed by atoms with E-state index < -0.39 is 0 Å². The fourth-order valence-corrected chi connectivity index (χ4v) is 4.07. The number of benzene rings is 1. The molecule has 138 valence electrons. The highest BCUT2D eigenvalue weighted by Gasteiger charge is 2.29. The summed E-state index contributed by atoms with van der Waals surface area (Å²) in [5, 5.41) is 21.7. The van der Waals surface area contributed by atoms with Crippen molar-refractivity contribution in [1.82, 2.24) is 24.6 Å². The molecule has 1 fully saturated rings. The van der Waals surface area contributed by atoms with Gasteiger partial charge in [0, 0.05) is 30.6 Å². The normalized spacial score (nSPS) is 19.2. The molecule has 3 heterocycles. The molecule has 0 atom stereocenters. The predicted molar refractivity (Wildman–Crippen MR) is 98.5 cm³/mol. The first-order valence-electron chi connectivity index (χ1n) is 8.71. The average Bonchev–Trinajstić information content (AvgIpc) is 2.98. The molecule has 1 aromatic heterocycles. The van der Waals surface area contributed by atoms with Gasteiger partial charge in [0.25, 0.3) is 0 Å². The average molecular weight is 376 g/mol. The molecule has 8 nitrogen and oxygen atoms in total. The number of hydrogen-bond donors (Lipinski definition) is 2. The van der Waals surface area contributed by atoms with E-state index in [0.29, 0.717) is 0 Å². The monoisotopic (exact) mass is 375 g/mol.